The topological polar surface area (TPSA) is 50.9 Å². The molecule has 0 aliphatic rings. The van der Waals surface area contributed by atoms with Crippen molar-refractivity contribution >= 4 is 28.6 Å². The minimum Gasteiger partial charge on any atom is -0.398 e. The van der Waals surface area contributed by atoms with Crippen molar-refractivity contribution in [1.82, 2.24) is 10.3 Å². The number of nitrogens with one attached hydrogen (secondary N) is 1. The molecule has 96 valence electrons. The summed E-state index contributed by atoms with van der Waals surface area (Å²) in [6.07, 6.45) is 2.85. The Labute approximate surface area is 116 Å². The van der Waals surface area contributed by atoms with E-state index in [0.717, 1.165) is 23.5 Å². The summed E-state index contributed by atoms with van der Waals surface area (Å²) >= 11 is 7.68. The monoisotopic (exact) mass is 281 g/mol. The quantitative estimate of drug-likeness (QED) is 0.823. The normalized spacial score (nSPS) is 12.6. The Morgan fingerprint density at radius 3 is 2.94 bits per heavy atom. The molecule has 3 nitrogen and oxygen atoms in total. The SMILES string of the molecule is CCC(NCc1ccc(N)c(Cl)c1)c1nccs1. The molecule has 0 aliphatic heterocycles. The largest absolute Gasteiger partial charge is 0.398 e. The second kappa shape index (κ2) is 6.18. The molecule has 3 N–H and O–H groups in total. The molecular weight excluding hydrogens is 266 g/mol. The van der Waals surface area contributed by atoms with E-state index in [9.17, 15) is 0 Å². The predicted molar refractivity (Wildman–Crippen MR) is 77.9 cm³/mol. The van der Waals surface area contributed by atoms with Gasteiger partial charge in [0, 0.05) is 18.1 Å². The number of nitrogens with zero attached hydrogens (tertiary/aromatic N) is 1. The zero-order valence-electron chi connectivity index (χ0n) is 10.2. The van der Waals surface area contributed by atoms with Crippen LogP contribution in [0.5, 0.6) is 0 Å². The molecular formula is C13H16ClN3S. The van der Waals surface area contributed by atoms with Crippen LogP contribution in [0, 0.1) is 0 Å². The van der Waals surface area contributed by atoms with E-state index in [2.05, 4.69) is 17.2 Å². The van der Waals surface area contributed by atoms with Gasteiger partial charge in [-0.05, 0) is 24.1 Å². The highest BCUT2D eigenvalue weighted by molar-refractivity contribution is 7.09. The van der Waals surface area contributed by atoms with Gasteiger partial charge in [0.1, 0.15) is 5.01 Å². The van der Waals surface area contributed by atoms with Gasteiger partial charge >= 0.3 is 0 Å². The lowest BCUT2D eigenvalue weighted by Gasteiger charge is -2.14. The first-order valence-corrected chi connectivity index (χ1v) is 7.13. The number of anilines is 1. The van der Waals surface area contributed by atoms with Crippen molar-refractivity contribution in [1.29, 1.82) is 0 Å². The molecule has 1 aromatic carbocycles. The maximum Gasteiger partial charge on any atom is 0.109 e. The molecule has 0 fully saturated rings. The molecule has 0 saturated carbocycles. The van der Waals surface area contributed by atoms with Crippen molar-refractivity contribution in [2.75, 3.05) is 5.73 Å². The zero-order valence-corrected chi connectivity index (χ0v) is 11.8. The van der Waals surface area contributed by atoms with Crippen LogP contribution in [0.25, 0.3) is 0 Å². The zero-order chi connectivity index (χ0) is 13.0. The van der Waals surface area contributed by atoms with E-state index >= 15 is 0 Å². The molecule has 2 aromatic rings. The third-order valence-corrected chi connectivity index (χ3v) is 3.99. The van der Waals surface area contributed by atoms with Crippen LogP contribution < -0.4 is 11.1 Å². The first-order valence-electron chi connectivity index (χ1n) is 5.87. The van der Waals surface area contributed by atoms with Gasteiger partial charge in [-0.3, -0.25) is 0 Å². The summed E-state index contributed by atoms with van der Waals surface area (Å²) in [4.78, 5) is 4.34. The van der Waals surface area contributed by atoms with Crippen LogP contribution in [0.1, 0.15) is 30.0 Å². The Morgan fingerprint density at radius 1 is 1.50 bits per heavy atom. The van der Waals surface area contributed by atoms with Crippen LogP contribution in [0.3, 0.4) is 0 Å². The van der Waals surface area contributed by atoms with E-state index < -0.39 is 0 Å². The molecule has 18 heavy (non-hydrogen) atoms. The number of aromatic nitrogens is 1. The Bertz CT molecular complexity index is 499. The van der Waals surface area contributed by atoms with Crippen LogP contribution in [-0.2, 0) is 6.54 Å². The standard InChI is InChI=1S/C13H16ClN3S/c1-2-12(13-16-5-6-18-13)17-8-9-3-4-11(15)10(14)7-9/h3-7,12,17H,2,8,15H2,1H3. The van der Waals surface area contributed by atoms with Gasteiger partial charge in [-0.1, -0.05) is 24.6 Å². The van der Waals surface area contributed by atoms with Gasteiger partial charge in [0.2, 0.25) is 0 Å². The number of nitrogens with two attached hydrogens (primary N) is 1. The minimum atomic E-state index is 0.293. The fourth-order valence-corrected chi connectivity index (χ4v) is 2.73. The molecule has 1 unspecified atom stereocenters. The molecule has 0 bridgehead atoms. The molecule has 0 saturated heterocycles. The third-order valence-electron chi connectivity index (χ3n) is 2.78. The van der Waals surface area contributed by atoms with Crippen molar-refractivity contribution in [2.45, 2.75) is 25.9 Å². The summed E-state index contributed by atoms with van der Waals surface area (Å²) in [6, 6.07) is 6.02. The maximum atomic E-state index is 6.00. The number of nitrogen functional groups attached to an aromatic ring is 1. The molecule has 1 heterocycles. The summed E-state index contributed by atoms with van der Waals surface area (Å²) in [5.74, 6) is 0. The number of hydrogen-bond acceptors (Lipinski definition) is 4. The Morgan fingerprint density at radius 2 is 2.33 bits per heavy atom. The Balaban J connectivity index is 1.99. The molecule has 0 aliphatic carbocycles. The lowest BCUT2D eigenvalue weighted by molar-refractivity contribution is 0.517. The second-order valence-electron chi connectivity index (χ2n) is 4.07. The average molecular weight is 282 g/mol. The second-order valence-corrected chi connectivity index (χ2v) is 5.40. The highest BCUT2D eigenvalue weighted by atomic mass is 35.5. The first kappa shape index (κ1) is 13.3. The van der Waals surface area contributed by atoms with Crippen molar-refractivity contribution in [3.63, 3.8) is 0 Å². The Kier molecular flexibility index (Phi) is 4.58. The molecule has 2 rings (SSSR count). The van der Waals surface area contributed by atoms with Gasteiger partial charge in [0.25, 0.3) is 0 Å². The molecule has 0 amide bonds. The molecule has 5 heteroatoms. The van der Waals surface area contributed by atoms with Crippen molar-refractivity contribution in [2.24, 2.45) is 0 Å². The summed E-state index contributed by atoms with van der Waals surface area (Å²) < 4.78 is 0. The number of rotatable bonds is 5. The molecule has 0 spiro atoms. The summed E-state index contributed by atoms with van der Waals surface area (Å²) in [7, 11) is 0. The van der Waals surface area contributed by atoms with Gasteiger partial charge in [-0.15, -0.1) is 11.3 Å². The maximum absolute atomic E-state index is 6.00. The van der Waals surface area contributed by atoms with E-state index in [1.54, 1.807) is 11.3 Å². The lowest BCUT2D eigenvalue weighted by atomic mass is 10.1. The van der Waals surface area contributed by atoms with Crippen molar-refractivity contribution in [3.05, 3.63) is 45.4 Å². The third kappa shape index (κ3) is 3.22. The van der Waals surface area contributed by atoms with Gasteiger partial charge in [0.05, 0.1) is 16.8 Å². The lowest BCUT2D eigenvalue weighted by Crippen LogP contribution is -2.20. The van der Waals surface area contributed by atoms with Crippen molar-refractivity contribution < 1.29 is 0 Å². The highest BCUT2D eigenvalue weighted by Gasteiger charge is 2.11. The predicted octanol–water partition coefficient (Wildman–Crippen LogP) is 3.62. The van der Waals surface area contributed by atoms with Gasteiger partial charge in [-0.2, -0.15) is 0 Å². The van der Waals surface area contributed by atoms with Gasteiger partial charge in [0.15, 0.2) is 0 Å². The van der Waals surface area contributed by atoms with Crippen LogP contribution in [0.15, 0.2) is 29.8 Å². The van der Waals surface area contributed by atoms with E-state index in [1.807, 2.05) is 29.8 Å². The minimum absolute atomic E-state index is 0.293. The van der Waals surface area contributed by atoms with Crippen LogP contribution in [0.4, 0.5) is 5.69 Å². The molecule has 0 radical (unpaired) electrons. The van der Waals surface area contributed by atoms with E-state index in [0.29, 0.717) is 16.8 Å². The van der Waals surface area contributed by atoms with E-state index in [-0.39, 0.29) is 0 Å². The van der Waals surface area contributed by atoms with Crippen LogP contribution in [-0.4, -0.2) is 4.98 Å². The first-order chi connectivity index (χ1) is 8.70. The van der Waals surface area contributed by atoms with Crippen LogP contribution >= 0.6 is 22.9 Å². The molecule has 1 aromatic heterocycles. The summed E-state index contributed by atoms with van der Waals surface area (Å²) in [5.41, 5.74) is 7.43. The Hall–Kier alpha value is -1.10. The highest BCUT2D eigenvalue weighted by Crippen LogP contribution is 2.22. The molecule has 1 atom stereocenters. The van der Waals surface area contributed by atoms with Gasteiger partial charge in [-0.25, -0.2) is 4.98 Å². The number of hydrogen-bond donors (Lipinski definition) is 2. The number of thiazole rings is 1. The number of halogens is 1. The number of benzene rings is 1. The van der Waals surface area contributed by atoms with E-state index in [4.69, 9.17) is 17.3 Å². The van der Waals surface area contributed by atoms with E-state index in [1.165, 1.54) is 0 Å². The van der Waals surface area contributed by atoms with Crippen molar-refractivity contribution in [3.8, 4) is 0 Å². The fraction of sp³-hybridized carbons (Fsp3) is 0.308. The van der Waals surface area contributed by atoms with Crippen LogP contribution in [0.2, 0.25) is 5.02 Å². The summed E-state index contributed by atoms with van der Waals surface area (Å²) in [6.45, 7) is 2.91. The smallest absolute Gasteiger partial charge is 0.109 e. The van der Waals surface area contributed by atoms with Gasteiger partial charge < -0.3 is 11.1 Å². The summed E-state index contributed by atoms with van der Waals surface area (Å²) in [5, 5.41) is 7.22. The fourth-order valence-electron chi connectivity index (χ4n) is 1.73. The average Bonchev–Trinajstić information content (AvgIpc) is 2.88.